The molecule has 0 atom stereocenters. The fourth-order valence-electron chi connectivity index (χ4n) is 3.76. The summed E-state index contributed by atoms with van der Waals surface area (Å²) in [5.74, 6) is -2.56. The van der Waals surface area contributed by atoms with Crippen LogP contribution in [0.2, 0.25) is 0 Å². The van der Waals surface area contributed by atoms with Gasteiger partial charge in [-0.1, -0.05) is 41.7 Å². The second-order valence-corrected chi connectivity index (χ2v) is 10.8. The summed E-state index contributed by atoms with van der Waals surface area (Å²) in [5, 5.41) is 8.90. The topological polar surface area (TPSA) is 81.1 Å². The molecule has 4 heterocycles. The zero-order valence-corrected chi connectivity index (χ0v) is 27.6. The second kappa shape index (κ2) is 15.4. The third kappa shape index (κ3) is 8.28. The van der Waals surface area contributed by atoms with Crippen molar-refractivity contribution in [3.63, 3.8) is 0 Å². The van der Waals surface area contributed by atoms with Crippen molar-refractivity contribution in [2.45, 2.75) is 9.79 Å². The van der Waals surface area contributed by atoms with E-state index in [9.17, 15) is 17.6 Å². The smallest absolute Gasteiger partial charge is 0.674 e. The molecule has 216 valence electrons. The average molecular weight is 690 g/mol. The molecule has 0 bridgehead atoms. The summed E-state index contributed by atoms with van der Waals surface area (Å²) in [6.45, 7) is 7.00. The van der Waals surface area contributed by atoms with Gasteiger partial charge in [-0.25, -0.2) is 22.4 Å². The zero-order valence-electron chi connectivity index (χ0n) is 23.0. The Labute approximate surface area is 276 Å². The molecule has 4 aromatic rings. The minimum absolute atomic E-state index is 0. The normalized spacial score (nSPS) is 15.0. The Bertz CT molecular complexity index is 1980. The first-order chi connectivity index (χ1) is 21.3. The summed E-state index contributed by atoms with van der Waals surface area (Å²) in [6, 6.07) is 13.9. The van der Waals surface area contributed by atoms with Crippen LogP contribution in [0.3, 0.4) is 0 Å². The Morgan fingerprint density at radius 1 is 0.844 bits per heavy atom. The van der Waals surface area contributed by atoms with Crippen molar-refractivity contribution in [3.8, 4) is 6.07 Å². The van der Waals surface area contributed by atoms with Crippen molar-refractivity contribution in [1.29, 1.82) is 5.26 Å². The Kier molecular flexibility index (Phi) is 11.3. The molecule has 2 aliphatic heterocycles. The van der Waals surface area contributed by atoms with Crippen molar-refractivity contribution in [1.82, 2.24) is 9.97 Å². The Morgan fingerprint density at radius 3 is 2.00 bits per heavy atom. The second-order valence-electron chi connectivity index (χ2n) is 8.74. The fraction of sp³-hybridized carbons (Fsp3) is 0. The summed E-state index contributed by atoms with van der Waals surface area (Å²) in [5.41, 5.74) is 3.14. The molecule has 0 N–H and O–H groups in total. The first kappa shape index (κ1) is 33.2. The van der Waals surface area contributed by atoms with Gasteiger partial charge in [0.15, 0.2) is 5.69 Å². The molecule has 2 aliphatic rings. The van der Waals surface area contributed by atoms with Crippen LogP contribution in [0.5, 0.6) is 0 Å². The van der Waals surface area contributed by atoms with Crippen LogP contribution in [0.25, 0.3) is 14.7 Å². The molecular weight excluding hydrogens is 674 g/mol. The SMILES string of the molecule is N#CC1=C/C(=C(\Sc2ccc(F)cc2F)c2ccc[n-]2)N=C1.[C-]#[N+]c1c[n-]c(/C(Sc2ccc(F)cc2F)=C2/C=CC=N2)c1.[Zn+2]. The van der Waals surface area contributed by atoms with E-state index in [2.05, 4.69) is 24.8 Å². The molecule has 0 spiro atoms. The van der Waals surface area contributed by atoms with E-state index in [0.29, 0.717) is 43.9 Å². The predicted molar refractivity (Wildman–Crippen MR) is 164 cm³/mol. The van der Waals surface area contributed by atoms with Crippen molar-refractivity contribution in [3.05, 3.63) is 148 Å². The molecule has 6 rings (SSSR count). The van der Waals surface area contributed by atoms with E-state index in [4.69, 9.17) is 11.8 Å². The maximum absolute atomic E-state index is 13.9. The standard InChI is InChI=1S/2C16H8F2N3S.Zn/c1-19-11-8-14(21-9-11)16(13-3-2-6-20-13)22-15-5-4-10(17)7-12(15)18;17-11-3-4-15(12(18)7-11)22-16(13-2-1-5-20-13)14-6-10(8-19)9-21-14;/h2-9H;1-7,9H;/q2*-1;+2/b16-13+;16-14+;. The Balaban J connectivity index is 0.000000200. The van der Waals surface area contributed by atoms with Gasteiger partial charge in [-0.05, 0) is 42.5 Å². The molecule has 0 amide bonds. The van der Waals surface area contributed by atoms with Gasteiger partial charge in [-0.2, -0.15) is 17.7 Å². The number of nitriles is 1. The van der Waals surface area contributed by atoms with Crippen molar-refractivity contribution < 1.29 is 37.0 Å². The summed E-state index contributed by atoms with van der Waals surface area (Å²) in [6.07, 6.45) is 11.3. The molecular formula is C32H16F4N6S2Zn. The van der Waals surface area contributed by atoms with Gasteiger partial charge >= 0.3 is 19.5 Å². The van der Waals surface area contributed by atoms with Crippen LogP contribution in [-0.4, -0.2) is 12.4 Å². The maximum atomic E-state index is 13.9. The van der Waals surface area contributed by atoms with Gasteiger partial charge in [-0.3, -0.25) is 9.98 Å². The minimum Gasteiger partial charge on any atom is -0.674 e. The predicted octanol–water partition coefficient (Wildman–Crippen LogP) is 8.49. The van der Waals surface area contributed by atoms with Crippen LogP contribution in [-0.2, 0) is 19.5 Å². The van der Waals surface area contributed by atoms with Gasteiger partial charge < -0.3 is 9.97 Å². The van der Waals surface area contributed by atoms with E-state index in [1.165, 1.54) is 36.7 Å². The van der Waals surface area contributed by atoms with E-state index in [1.54, 1.807) is 48.8 Å². The Hall–Kier alpha value is -4.68. The first-order valence-corrected chi connectivity index (χ1v) is 14.2. The monoisotopic (exact) mass is 688 g/mol. The largest absolute Gasteiger partial charge is 2.00 e. The number of nitrogens with zero attached hydrogens (tertiary/aromatic N) is 6. The van der Waals surface area contributed by atoms with Crippen LogP contribution in [0, 0.1) is 41.2 Å². The van der Waals surface area contributed by atoms with Gasteiger partial charge in [-0.15, -0.1) is 11.4 Å². The van der Waals surface area contributed by atoms with Gasteiger partial charge in [0, 0.05) is 44.2 Å². The van der Waals surface area contributed by atoms with Crippen LogP contribution >= 0.6 is 23.5 Å². The summed E-state index contributed by atoms with van der Waals surface area (Å²) in [4.78, 5) is 21.8. The minimum atomic E-state index is -0.652. The summed E-state index contributed by atoms with van der Waals surface area (Å²) < 4.78 is 53.8. The molecule has 0 saturated heterocycles. The molecule has 0 saturated carbocycles. The van der Waals surface area contributed by atoms with E-state index < -0.39 is 23.3 Å². The van der Waals surface area contributed by atoms with E-state index in [-0.39, 0.29) is 29.3 Å². The number of allylic oxidation sites excluding steroid dienone is 4. The summed E-state index contributed by atoms with van der Waals surface area (Å²) >= 11 is 2.21. The molecule has 0 unspecified atom stereocenters. The van der Waals surface area contributed by atoms with E-state index in [1.807, 2.05) is 6.07 Å². The summed E-state index contributed by atoms with van der Waals surface area (Å²) in [7, 11) is 0. The molecule has 0 fully saturated rings. The van der Waals surface area contributed by atoms with E-state index in [0.717, 1.165) is 35.7 Å². The van der Waals surface area contributed by atoms with Crippen molar-refractivity contribution in [2.24, 2.45) is 9.98 Å². The number of aliphatic imine (C=N–C) groups is 2. The number of benzene rings is 2. The van der Waals surface area contributed by atoms with Crippen LogP contribution in [0.15, 0.2) is 122 Å². The van der Waals surface area contributed by atoms with Crippen LogP contribution < -0.4 is 9.97 Å². The molecule has 2 aromatic heterocycles. The number of rotatable bonds is 6. The number of aromatic nitrogens is 2. The van der Waals surface area contributed by atoms with Gasteiger partial charge in [0.25, 0.3) is 0 Å². The average Bonchev–Trinajstić information content (AvgIpc) is 3.85. The fourth-order valence-corrected chi connectivity index (χ4v) is 5.67. The number of thioether (sulfide) groups is 2. The molecule has 45 heavy (non-hydrogen) atoms. The van der Waals surface area contributed by atoms with Gasteiger partial charge in [0.1, 0.15) is 29.3 Å². The quantitative estimate of drug-likeness (QED) is 0.0878. The van der Waals surface area contributed by atoms with Crippen LogP contribution in [0.4, 0.5) is 23.2 Å². The molecule has 13 heteroatoms. The first-order valence-electron chi connectivity index (χ1n) is 12.5. The van der Waals surface area contributed by atoms with Crippen molar-refractivity contribution in [2.75, 3.05) is 0 Å². The molecule has 2 aromatic carbocycles. The van der Waals surface area contributed by atoms with E-state index >= 15 is 0 Å². The Morgan fingerprint density at radius 2 is 1.51 bits per heavy atom. The third-order valence-electron chi connectivity index (χ3n) is 5.76. The maximum Gasteiger partial charge on any atom is 2.00 e. The molecule has 0 aliphatic carbocycles. The molecule has 6 nitrogen and oxygen atoms in total. The zero-order chi connectivity index (χ0) is 31.1. The van der Waals surface area contributed by atoms with Crippen LogP contribution in [0.1, 0.15) is 11.4 Å². The number of hydrogen-bond acceptors (Lipinski definition) is 5. The van der Waals surface area contributed by atoms with Crippen molar-refractivity contribution >= 4 is 51.5 Å². The molecule has 0 radical (unpaired) electrons. The number of hydrogen-bond donors (Lipinski definition) is 0. The van der Waals surface area contributed by atoms with Gasteiger partial charge in [0.05, 0.1) is 23.5 Å². The van der Waals surface area contributed by atoms with Gasteiger partial charge in [0.2, 0.25) is 0 Å². The number of halogens is 4. The third-order valence-corrected chi connectivity index (χ3v) is 8.11.